The van der Waals surface area contributed by atoms with Crippen molar-refractivity contribution in [2.24, 2.45) is 40.4 Å². The van der Waals surface area contributed by atoms with Crippen LogP contribution in [-0.2, 0) is 0 Å². The zero-order valence-corrected chi connectivity index (χ0v) is 19.7. The second-order valence-corrected chi connectivity index (χ2v) is 12.3. The van der Waals surface area contributed by atoms with Crippen LogP contribution in [0.1, 0.15) is 105 Å². The lowest BCUT2D eigenvalue weighted by Crippen LogP contribution is -2.60. The van der Waals surface area contributed by atoms with Crippen LogP contribution in [0.4, 0.5) is 0 Å². The van der Waals surface area contributed by atoms with Crippen LogP contribution in [0.25, 0.3) is 0 Å². The van der Waals surface area contributed by atoms with E-state index in [1.54, 1.807) is 0 Å². The molecule has 4 rings (SSSR count). The van der Waals surface area contributed by atoms with Crippen LogP contribution in [0.3, 0.4) is 0 Å². The molecule has 0 aromatic heterocycles. The summed E-state index contributed by atoms with van der Waals surface area (Å²) in [6.07, 6.45) is 14.9. The highest BCUT2D eigenvalue weighted by Gasteiger charge is 2.66. The minimum Gasteiger partial charge on any atom is -0.393 e. The third-order valence-electron chi connectivity index (χ3n) is 10.5. The van der Waals surface area contributed by atoms with E-state index in [1.807, 2.05) is 0 Å². The molecule has 0 radical (unpaired) electrons. The van der Waals surface area contributed by atoms with E-state index < -0.39 is 5.60 Å². The molecule has 0 heterocycles. The second kappa shape index (κ2) is 7.66. The van der Waals surface area contributed by atoms with Crippen molar-refractivity contribution < 1.29 is 10.2 Å². The van der Waals surface area contributed by atoms with Gasteiger partial charge in [-0.2, -0.15) is 0 Å². The molecule has 0 unspecified atom stereocenters. The van der Waals surface area contributed by atoms with Gasteiger partial charge in [-0.05, 0) is 91.8 Å². The Morgan fingerprint density at radius 1 is 1.00 bits per heavy atom. The minimum atomic E-state index is -0.492. The first kappa shape index (κ1) is 21.9. The van der Waals surface area contributed by atoms with E-state index in [9.17, 15) is 10.2 Å². The molecule has 8 atom stereocenters. The van der Waals surface area contributed by atoms with Crippen LogP contribution in [0.15, 0.2) is 11.6 Å². The Balaban J connectivity index is 1.55. The van der Waals surface area contributed by atoms with Gasteiger partial charge in [0, 0.05) is 0 Å². The maximum Gasteiger partial charge on any atom is 0.0737 e. The first-order valence-electron chi connectivity index (χ1n) is 12.7. The molecule has 0 aliphatic heterocycles. The van der Waals surface area contributed by atoms with Gasteiger partial charge in [0.1, 0.15) is 0 Å². The molecule has 2 nitrogen and oxygen atoms in total. The van der Waals surface area contributed by atoms with Crippen LogP contribution >= 0.6 is 0 Å². The van der Waals surface area contributed by atoms with E-state index in [-0.39, 0.29) is 16.9 Å². The van der Waals surface area contributed by atoms with Gasteiger partial charge in [0.15, 0.2) is 0 Å². The molecular formula is C27H46O2. The summed E-state index contributed by atoms with van der Waals surface area (Å²) in [5, 5.41) is 22.5. The fraction of sp³-hybridized carbons (Fsp3) is 0.926. The van der Waals surface area contributed by atoms with E-state index in [0.717, 1.165) is 43.9 Å². The van der Waals surface area contributed by atoms with E-state index in [1.165, 1.54) is 44.1 Å². The first-order chi connectivity index (χ1) is 13.6. The Morgan fingerprint density at radius 2 is 1.76 bits per heavy atom. The normalized spacial score (nSPS) is 47.9. The van der Waals surface area contributed by atoms with Gasteiger partial charge < -0.3 is 10.2 Å². The Labute approximate surface area is 179 Å². The van der Waals surface area contributed by atoms with Crippen LogP contribution in [0.5, 0.6) is 0 Å². The van der Waals surface area contributed by atoms with Crippen molar-refractivity contribution in [2.45, 2.75) is 117 Å². The smallest absolute Gasteiger partial charge is 0.0737 e. The zero-order chi connectivity index (χ0) is 21.0. The van der Waals surface area contributed by atoms with E-state index in [4.69, 9.17) is 0 Å². The van der Waals surface area contributed by atoms with Crippen molar-refractivity contribution in [1.29, 1.82) is 0 Å². The molecule has 0 spiro atoms. The molecule has 2 N–H and O–H groups in total. The van der Waals surface area contributed by atoms with Gasteiger partial charge in [-0.1, -0.05) is 65.5 Å². The fourth-order valence-electron chi connectivity index (χ4n) is 8.61. The fourth-order valence-corrected chi connectivity index (χ4v) is 8.61. The Morgan fingerprint density at radius 3 is 2.48 bits per heavy atom. The molecule has 0 amide bonds. The zero-order valence-electron chi connectivity index (χ0n) is 19.7. The van der Waals surface area contributed by atoms with Crippen LogP contribution in [0, 0.1) is 40.4 Å². The number of aliphatic hydroxyl groups is 2. The first-order valence-corrected chi connectivity index (χ1v) is 12.7. The standard InChI is InChI=1S/C27H46O2/c1-18(2)7-6-8-19(3)22-13-16-27(29)24-10-9-20-17-21(28)11-14-25(20,4)23(24)12-15-26(22,27)5/h9,18-19,21-24,28-29H,6-8,10-17H2,1-5H3/t19-,21+,22-,23+,24-,25+,26-,27+/m1/s1. The minimum absolute atomic E-state index is 0.0846. The highest BCUT2D eigenvalue weighted by atomic mass is 16.3. The summed E-state index contributed by atoms with van der Waals surface area (Å²) >= 11 is 0. The van der Waals surface area contributed by atoms with Crippen LogP contribution < -0.4 is 0 Å². The van der Waals surface area contributed by atoms with Crippen molar-refractivity contribution in [1.82, 2.24) is 0 Å². The van der Waals surface area contributed by atoms with Crippen molar-refractivity contribution in [3.8, 4) is 0 Å². The van der Waals surface area contributed by atoms with Gasteiger partial charge >= 0.3 is 0 Å². The lowest BCUT2D eigenvalue weighted by atomic mass is 9.45. The summed E-state index contributed by atoms with van der Waals surface area (Å²) < 4.78 is 0. The van der Waals surface area contributed by atoms with E-state index in [0.29, 0.717) is 17.8 Å². The molecule has 3 fully saturated rings. The summed E-state index contributed by atoms with van der Waals surface area (Å²) in [6, 6.07) is 0. The Bertz CT molecular complexity index is 638. The average Bonchev–Trinajstić information content (AvgIpc) is 2.93. The van der Waals surface area contributed by atoms with Gasteiger partial charge in [-0.3, -0.25) is 0 Å². The Hall–Kier alpha value is -0.340. The highest BCUT2D eigenvalue weighted by Crippen LogP contribution is 2.69. The number of hydrogen-bond acceptors (Lipinski definition) is 2. The van der Waals surface area contributed by atoms with Gasteiger partial charge in [0.2, 0.25) is 0 Å². The molecular weight excluding hydrogens is 356 g/mol. The van der Waals surface area contributed by atoms with E-state index in [2.05, 4.69) is 40.7 Å². The number of aliphatic hydroxyl groups excluding tert-OH is 1. The highest BCUT2D eigenvalue weighted by molar-refractivity contribution is 5.28. The maximum atomic E-state index is 12.3. The number of fused-ring (bicyclic) bond motifs is 5. The predicted octanol–water partition coefficient (Wildman–Crippen LogP) is 6.50. The summed E-state index contributed by atoms with van der Waals surface area (Å²) in [6.45, 7) is 12.0. The largest absolute Gasteiger partial charge is 0.393 e. The van der Waals surface area contributed by atoms with Crippen molar-refractivity contribution >= 4 is 0 Å². The number of allylic oxidation sites excluding steroid dienone is 1. The van der Waals surface area contributed by atoms with E-state index >= 15 is 0 Å². The molecule has 0 aromatic carbocycles. The SMILES string of the molecule is CC(C)CCC[C@@H](C)[C@H]1CC[C@]2(O)[C@@H]3CC=C4C[C@@H](O)CC[C@]4(C)[C@H]3CC[C@]12C. The molecule has 2 heteroatoms. The molecule has 3 saturated carbocycles. The molecule has 4 aliphatic carbocycles. The lowest BCUT2D eigenvalue weighted by Gasteiger charge is -2.61. The van der Waals surface area contributed by atoms with Crippen molar-refractivity contribution in [3.63, 3.8) is 0 Å². The maximum absolute atomic E-state index is 12.3. The van der Waals surface area contributed by atoms with Crippen molar-refractivity contribution in [2.75, 3.05) is 0 Å². The molecule has 0 bridgehead atoms. The molecule has 0 aromatic rings. The quantitative estimate of drug-likeness (QED) is 0.515. The summed E-state index contributed by atoms with van der Waals surface area (Å²) in [7, 11) is 0. The lowest BCUT2D eigenvalue weighted by molar-refractivity contribution is -0.183. The topological polar surface area (TPSA) is 40.5 Å². The monoisotopic (exact) mass is 402 g/mol. The Kier molecular flexibility index (Phi) is 5.78. The molecule has 0 saturated heterocycles. The van der Waals surface area contributed by atoms with Crippen LogP contribution in [0.2, 0.25) is 0 Å². The third kappa shape index (κ3) is 3.36. The molecule has 29 heavy (non-hydrogen) atoms. The second-order valence-electron chi connectivity index (χ2n) is 12.3. The van der Waals surface area contributed by atoms with Crippen molar-refractivity contribution in [3.05, 3.63) is 11.6 Å². The summed E-state index contributed by atoms with van der Waals surface area (Å²) in [5.41, 5.74) is 1.30. The van der Waals surface area contributed by atoms with Gasteiger partial charge in [0.25, 0.3) is 0 Å². The third-order valence-corrected chi connectivity index (χ3v) is 10.5. The summed E-state index contributed by atoms with van der Waals surface area (Å²) in [5.74, 6) is 3.21. The van der Waals surface area contributed by atoms with Gasteiger partial charge in [-0.25, -0.2) is 0 Å². The number of rotatable bonds is 5. The van der Waals surface area contributed by atoms with Crippen LogP contribution in [-0.4, -0.2) is 21.9 Å². The average molecular weight is 403 g/mol. The van der Waals surface area contributed by atoms with Gasteiger partial charge in [0.05, 0.1) is 11.7 Å². The molecule has 4 aliphatic rings. The molecule has 166 valence electrons. The van der Waals surface area contributed by atoms with Gasteiger partial charge in [-0.15, -0.1) is 0 Å². The summed E-state index contributed by atoms with van der Waals surface area (Å²) in [4.78, 5) is 0. The predicted molar refractivity (Wildman–Crippen MR) is 121 cm³/mol. The number of hydrogen-bond donors (Lipinski definition) is 2.